The summed E-state index contributed by atoms with van der Waals surface area (Å²) in [6.45, 7) is 7.84. The Hall–Kier alpha value is -2.00. The number of carbonyl (C=O) groups excluding carboxylic acids is 2. The van der Waals surface area contributed by atoms with Gasteiger partial charge in [0.2, 0.25) is 11.0 Å². The number of nitrogens with one attached hydrogen (secondary N) is 2. The molecule has 0 bridgehead atoms. The SMILES string of the molecule is CC(C)(C)C[C@H]1N[C@@H](C(=O)NC2CC(C)(O)C2)[C@H](c2cccc(Cl)c2F)[C@@]12C(=O)Sc1cc(F)ccc12. The van der Waals surface area contributed by atoms with E-state index in [-0.39, 0.29) is 33.1 Å². The average Bonchev–Trinajstić information content (AvgIpc) is 3.23. The van der Waals surface area contributed by atoms with Crippen molar-refractivity contribution < 1.29 is 23.5 Å². The predicted molar refractivity (Wildman–Crippen MR) is 140 cm³/mol. The van der Waals surface area contributed by atoms with Gasteiger partial charge in [-0.2, -0.15) is 0 Å². The summed E-state index contributed by atoms with van der Waals surface area (Å²) in [5.41, 5.74) is -1.63. The van der Waals surface area contributed by atoms with Gasteiger partial charge in [-0.15, -0.1) is 0 Å². The summed E-state index contributed by atoms with van der Waals surface area (Å²) in [7, 11) is 0. The molecule has 5 rings (SSSR count). The largest absolute Gasteiger partial charge is 0.390 e. The van der Waals surface area contributed by atoms with Gasteiger partial charge in [0.1, 0.15) is 11.6 Å². The highest BCUT2D eigenvalue weighted by Gasteiger charge is 2.66. The smallest absolute Gasteiger partial charge is 0.238 e. The summed E-state index contributed by atoms with van der Waals surface area (Å²) >= 11 is 7.14. The highest BCUT2D eigenvalue weighted by Crippen LogP contribution is 2.60. The maximum atomic E-state index is 15.7. The number of thioether (sulfide) groups is 1. The normalized spacial score (nSPS) is 32.9. The molecule has 1 aliphatic carbocycles. The van der Waals surface area contributed by atoms with Gasteiger partial charge < -0.3 is 15.7 Å². The van der Waals surface area contributed by atoms with Crippen molar-refractivity contribution >= 4 is 34.4 Å². The molecule has 5 nitrogen and oxygen atoms in total. The first kappa shape index (κ1) is 26.6. The van der Waals surface area contributed by atoms with Gasteiger partial charge in [0.25, 0.3) is 0 Å². The lowest BCUT2D eigenvalue weighted by atomic mass is 9.62. The molecule has 3 aliphatic rings. The molecular weight excluding hydrogens is 518 g/mol. The van der Waals surface area contributed by atoms with Gasteiger partial charge in [-0.1, -0.05) is 62.3 Å². The summed E-state index contributed by atoms with van der Waals surface area (Å²) < 4.78 is 29.9. The maximum absolute atomic E-state index is 15.7. The molecule has 3 N–H and O–H groups in total. The molecule has 37 heavy (non-hydrogen) atoms. The summed E-state index contributed by atoms with van der Waals surface area (Å²) in [5, 5.41) is 16.2. The minimum absolute atomic E-state index is 0.0986. The van der Waals surface area contributed by atoms with E-state index >= 15 is 4.39 Å². The molecular formula is C28H31ClF2N2O3S. The number of carbonyl (C=O) groups is 2. The number of amides is 1. The Bertz CT molecular complexity index is 1270. The second kappa shape index (κ2) is 9.04. The van der Waals surface area contributed by atoms with Crippen LogP contribution < -0.4 is 10.6 Å². The highest BCUT2D eigenvalue weighted by molar-refractivity contribution is 8.14. The van der Waals surface area contributed by atoms with Crippen molar-refractivity contribution in [2.24, 2.45) is 5.41 Å². The molecule has 2 heterocycles. The Morgan fingerprint density at radius 2 is 1.95 bits per heavy atom. The summed E-state index contributed by atoms with van der Waals surface area (Å²) in [4.78, 5) is 28.3. The lowest BCUT2D eigenvalue weighted by molar-refractivity contribution is -0.127. The quantitative estimate of drug-likeness (QED) is 0.497. The van der Waals surface area contributed by atoms with E-state index in [4.69, 9.17) is 11.6 Å². The van der Waals surface area contributed by atoms with Crippen LogP contribution in [0.4, 0.5) is 8.78 Å². The van der Waals surface area contributed by atoms with Crippen LogP contribution in [0.1, 0.15) is 64.0 Å². The van der Waals surface area contributed by atoms with Crippen LogP contribution >= 0.6 is 23.4 Å². The molecule has 1 amide bonds. The minimum Gasteiger partial charge on any atom is -0.390 e. The molecule has 0 radical (unpaired) electrons. The molecule has 2 aromatic rings. The number of fused-ring (bicyclic) bond motifs is 2. The fourth-order valence-corrected chi connectivity index (χ4v) is 7.85. The van der Waals surface area contributed by atoms with E-state index in [0.29, 0.717) is 29.7 Å². The number of aliphatic hydroxyl groups is 1. The fraction of sp³-hybridized carbons (Fsp3) is 0.500. The van der Waals surface area contributed by atoms with E-state index in [9.17, 15) is 19.1 Å². The Kier molecular flexibility index (Phi) is 6.50. The molecule has 1 saturated carbocycles. The topological polar surface area (TPSA) is 78.4 Å². The minimum atomic E-state index is -1.32. The molecule has 0 aromatic heterocycles. The van der Waals surface area contributed by atoms with Crippen molar-refractivity contribution in [3.8, 4) is 0 Å². The second-order valence-corrected chi connectivity index (χ2v) is 13.5. The van der Waals surface area contributed by atoms with Crippen molar-refractivity contribution in [2.45, 2.75) is 86.9 Å². The standard InChI is InChI=1S/C28H31ClF2N2O3S/c1-26(2,3)13-20-28(17-9-8-14(30)10-19(17)37-25(28)35)21(16-6-5-7-18(29)22(16)31)23(33-20)24(34)32-15-11-27(4,36)12-15/h5-10,15,20-21,23,33,36H,11-13H2,1-4H3,(H,32,34)/t15?,20-,21+,23-,27?,28+/m1/s1. The first-order chi connectivity index (χ1) is 17.2. The molecule has 1 spiro atoms. The zero-order valence-electron chi connectivity index (χ0n) is 21.2. The Balaban J connectivity index is 1.69. The van der Waals surface area contributed by atoms with Gasteiger partial charge in [-0.25, -0.2) is 8.78 Å². The third-order valence-corrected chi connectivity index (χ3v) is 9.19. The summed E-state index contributed by atoms with van der Waals surface area (Å²) in [6.07, 6.45) is 1.33. The Morgan fingerprint density at radius 1 is 1.24 bits per heavy atom. The zero-order chi connectivity index (χ0) is 26.9. The van der Waals surface area contributed by atoms with Crippen LogP contribution in [0.2, 0.25) is 5.02 Å². The second-order valence-electron chi connectivity index (χ2n) is 12.1. The summed E-state index contributed by atoms with van der Waals surface area (Å²) in [6, 6.07) is 7.15. The van der Waals surface area contributed by atoms with E-state index in [0.717, 1.165) is 11.8 Å². The molecule has 198 valence electrons. The van der Waals surface area contributed by atoms with Crippen LogP contribution in [0.15, 0.2) is 41.3 Å². The Morgan fingerprint density at radius 3 is 2.59 bits per heavy atom. The van der Waals surface area contributed by atoms with Gasteiger partial charge in [0, 0.05) is 22.9 Å². The van der Waals surface area contributed by atoms with Gasteiger partial charge >= 0.3 is 0 Å². The molecule has 2 fully saturated rings. The van der Waals surface area contributed by atoms with Crippen molar-refractivity contribution in [2.75, 3.05) is 0 Å². The van der Waals surface area contributed by atoms with E-state index in [2.05, 4.69) is 10.6 Å². The van der Waals surface area contributed by atoms with E-state index in [1.807, 2.05) is 20.8 Å². The third-order valence-electron chi connectivity index (χ3n) is 7.82. The monoisotopic (exact) mass is 548 g/mol. The van der Waals surface area contributed by atoms with Crippen molar-refractivity contribution in [1.29, 1.82) is 0 Å². The molecule has 1 saturated heterocycles. The maximum Gasteiger partial charge on any atom is 0.238 e. The number of hydrogen-bond acceptors (Lipinski definition) is 5. The van der Waals surface area contributed by atoms with Gasteiger partial charge in [0.05, 0.1) is 22.1 Å². The average molecular weight is 549 g/mol. The number of hydrogen-bond donors (Lipinski definition) is 3. The van der Waals surface area contributed by atoms with Crippen molar-refractivity contribution in [3.05, 3.63) is 64.2 Å². The van der Waals surface area contributed by atoms with Crippen LogP contribution in [0.25, 0.3) is 0 Å². The number of halogens is 3. The van der Waals surface area contributed by atoms with Crippen molar-refractivity contribution in [1.82, 2.24) is 10.6 Å². The Labute approximate surface area is 224 Å². The molecule has 0 unspecified atom stereocenters. The van der Waals surface area contributed by atoms with Gasteiger partial charge in [0.15, 0.2) is 0 Å². The zero-order valence-corrected chi connectivity index (χ0v) is 22.8. The first-order valence-electron chi connectivity index (χ1n) is 12.5. The summed E-state index contributed by atoms with van der Waals surface area (Å²) in [5.74, 6) is -2.43. The fourth-order valence-electron chi connectivity index (χ4n) is 6.40. The molecule has 4 atom stereocenters. The highest BCUT2D eigenvalue weighted by atomic mass is 35.5. The van der Waals surface area contributed by atoms with E-state index in [1.165, 1.54) is 18.2 Å². The third kappa shape index (κ3) is 4.50. The van der Waals surface area contributed by atoms with Crippen molar-refractivity contribution in [3.63, 3.8) is 0 Å². The number of rotatable bonds is 4. The van der Waals surface area contributed by atoms with Crippen LogP contribution in [0, 0.1) is 17.0 Å². The first-order valence-corrected chi connectivity index (χ1v) is 13.7. The van der Waals surface area contributed by atoms with Crippen LogP contribution in [-0.2, 0) is 15.0 Å². The lowest BCUT2D eigenvalue weighted by Crippen LogP contribution is -2.57. The molecule has 2 aromatic carbocycles. The van der Waals surface area contributed by atoms with E-state index in [1.54, 1.807) is 25.1 Å². The van der Waals surface area contributed by atoms with Crippen LogP contribution in [0.3, 0.4) is 0 Å². The number of benzene rings is 2. The van der Waals surface area contributed by atoms with Gasteiger partial charge in [-0.05, 0) is 60.9 Å². The van der Waals surface area contributed by atoms with Gasteiger partial charge in [-0.3, -0.25) is 9.59 Å². The lowest BCUT2D eigenvalue weighted by Gasteiger charge is -2.42. The van der Waals surface area contributed by atoms with Crippen LogP contribution in [-0.4, -0.2) is 39.9 Å². The molecule has 2 aliphatic heterocycles. The molecule has 9 heteroatoms. The van der Waals surface area contributed by atoms with E-state index < -0.39 is 40.7 Å². The van der Waals surface area contributed by atoms with Crippen LogP contribution in [0.5, 0.6) is 0 Å². The predicted octanol–water partition coefficient (Wildman–Crippen LogP) is 5.08.